The number of carbonyl (C=O) groups is 2. The zero-order chi connectivity index (χ0) is 29.2. The van der Waals surface area contributed by atoms with Crippen molar-refractivity contribution in [3.8, 4) is 5.75 Å². The molecule has 0 saturated carbocycles. The fraction of sp³-hybridized carbons (Fsp3) is 0.0968. The number of hydrogen-bond acceptors (Lipinski definition) is 9. The van der Waals surface area contributed by atoms with Crippen molar-refractivity contribution in [2.75, 3.05) is 11.5 Å². The second-order valence-electron chi connectivity index (χ2n) is 9.22. The van der Waals surface area contributed by atoms with Crippen molar-refractivity contribution < 1.29 is 23.8 Å². The molecule has 1 aliphatic heterocycles. The van der Waals surface area contributed by atoms with Crippen LogP contribution in [0, 0.1) is 0 Å². The fourth-order valence-electron chi connectivity index (χ4n) is 4.59. The molecule has 42 heavy (non-hydrogen) atoms. The standard InChI is InChI=1S/C31H22ClN3O5S2/c1-2-15-39-21-13-11-18(12-14-21)26-25(27(36)24-16-19-7-4-6-10-23(19)40-24)28(37)29(38)35(26)30-33-34-31(42-30)41-17-20-8-3-5-9-22(20)32/h2-14,16,26,37H,1,15,17H2. The summed E-state index contributed by atoms with van der Waals surface area (Å²) in [6.45, 7) is 3.98. The number of furan rings is 1. The van der Waals surface area contributed by atoms with Gasteiger partial charge in [-0.05, 0) is 41.5 Å². The Morgan fingerprint density at radius 2 is 1.88 bits per heavy atom. The van der Waals surface area contributed by atoms with E-state index in [2.05, 4.69) is 16.8 Å². The summed E-state index contributed by atoms with van der Waals surface area (Å²) < 4.78 is 12.0. The summed E-state index contributed by atoms with van der Waals surface area (Å²) in [4.78, 5) is 28.7. The minimum Gasteiger partial charge on any atom is -0.503 e. The van der Waals surface area contributed by atoms with Gasteiger partial charge in [0.1, 0.15) is 17.9 Å². The van der Waals surface area contributed by atoms with E-state index in [1.807, 2.05) is 36.4 Å². The van der Waals surface area contributed by atoms with E-state index in [9.17, 15) is 14.7 Å². The number of aliphatic hydroxyl groups is 1. The van der Waals surface area contributed by atoms with Gasteiger partial charge in [0.05, 0.1) is 11.6 Å². The molecule has 0 radical (unpaired) electrons. The summed E-state index contributed by atoms with van der Waals surface area (Å²) in [5, 5.41) is 21.2. The number of carbonyl (C=O) groups excluding carboxylic acids is 2. The SMILES string of the molecule is C=CCOc1ccc(C2C(C(=O)c3cc4ccccc4o3)=C(O)C(=O)N2c2nnc(SCc3ccccc3Cl)s2)cc1. The van der Waals surface area contributed by atoms with Crippen LogP contribution in [-0.4, -0.2) is 33.6 Å². The molecular formula is C31H22ClN3O5S2. The number of para-hydroxylation sites is 1. The van der Waals surface area contributed by atoms with Gasteiger partial charge in [0.15, 0.2) is 15.9 Å². The Hall–Kier alpha value is -4.38. The molecule has 0 saturated heterocycles. The van der Waals surface area contributed by atoms with E-state index < -0.39 is 23.5 Å². The summed E-state index contributed by atoms with van der Waals surface area (Å²) >= 11 is 8.90. The van der Waals surface area contributed by atoms with Crippen LogP contribution in [0.15, 0.2) is 112 Å². The Morgan fingerprint density at radius 3 is 2.64 bits per heavy atom. The number of rotatable bonds is 10. The number of benzene rings is 3. The Kier molecular flexibility index (Phi) is 7.84. The molecule has 1 atom stereocenters. The molecule has 1 aliphatic rings. The van der Waals surface area contributed by atoms with Crippen LogP contribution in [0.2, 0.25) is 5.02 Å². The molecule has 0 aliphatic carbocycles. The first-order valence-electron chi connectivity index (χ1n) is 12.8. The molecule has 5 aromatic rings. The Balaban J connectivity index is 1.36. The third-order valence-corrected chi connectivity index (χ3v) is 9.05. The molecule has 3 aromatic carbocycles. The van der Waals surface area contributed by atoms with E-state index in [0.717, 1.165) is 10.9 Å². The molecule has 1 unspecified atom stereocenters. The van der Waals surface area contributed by atoms with Gasteiger partial charge in [0, 0.05) is 16.2 Å². The monoisotopic (exact) mass is 615 g/mol. The lowest BCUT2D eigenvalue weighted by molar-refractivity contribution is -0.117. The maximum Gasteiger partial charge on any atom is 0.296 e. The maximum absolute atomic E-state index is 13.9. The highest BCUT2D eigenvalue weighted by molar-refractivity contribution is 8.00. The average molecular weight is 616 g/mol. The highest BCUT2D eigenvalue weighted by Crippen LogP contribution is 2.44. The minimum atomic E-state index is -0.985. The number of aromatic nitrogens is 2. The van der Waals surface area contributed by atoms with E-state index >= 15 is 0 Å². The average Bonchev–Trinajstić information content (AvgIpc) is 3.72. The minimum absolute atomic E-state index is 0.0107. The van der Waals surface area contributed by atoms with Crippen molar-refractivity contribution in [1.82, 2.24) is 10.2 Å². The van der Waals surface area contributed by atoms with Crippen molar-refractivity contribution in [2.24, 2.45) is 0 Å². The number of hydrogen-bond donors (Lipinski definition) is 1. The molecule has 0 spiro atoms. The van der Waals surface area contributed by atoms with Crippen molar-refractivity contribution in [1.29, 1.82) is 0 Å². The smallest absolute Gasteiger partial charge is 0.296 e. The molecular weight excluding hydrogens is 594 g/mol. The third-order valence-electron chi connectivity index (χ3n) is 6.58. The molecule has 0 fully saturated rings. The van der Waals surface area contributed by atoms with Crippen molar-refractivity contribution >= 4 is 62.5 Å². The number of anilines is 1. The number of amides is 1. The van der Waals surface area contributed by atoms with E-state index in [4.69, 9.17) is 20.8 Å². The van der Waals surface area contributed by atoms with Crippen LogP contribution < -0.4 is 9.64 Å². The lowest BCUT2D eigenvalue weighted by atomic mass is 9.95. The van der Waals surface area contributed by atoms with Gasteiger partial charge in [-0.15, -0.1) is 10.2 Å². The van der Waals surface area contributed by atoms with Crippen LogP contribution >= 0.6 is 34.7 Å². The van der Waals surface area contributed by atoms with Gasteiger partial charge in [0.2, 0.25) is 10.9 Å². The topological polar surface area (TPSA) is 106 Å². The zero-order valence-corrected chi connectivity index (χ0v) is 24.3. The molecule has 11 heteroatoms. The van der Waals surface area contributed by atoms with Crippen LogP contribution in [0.25, 0.3) is 11.0 Å². The highest BCUT2D eigenvalue weighted by atomic mass is 35.5. The Bertz CT molecular complexity index is 1810. The highest BCUT2D eigenvalue weighted by Gasteiger charge is 2.46. The molecule has 1 N–H and O–H groups in total. The first kappa shape index (κ1) is 27.8. The van der Waals surface area contributed by atoms with Crippen LogP contribution in [0.4, 0.5) is 5.13 Å². The van der Waals surface area contributed by atoms with Gasteiger partial charge in [-0.1, -0.05) is 95.9 Å². The van der Waals surface area contributed by atoms with Gasteiger partial charge in [0.25, 0.3) is 5.91 Å². The normalized spacial score (nSPS) is 15.0. The van der Waals surface area contributed by atoms with Gasteiger partial charge < -0.3 is 14.3 Å². The molecule has 6 rings (SSSR count). The summed E-state index contributed by atoms with van der Waals surface area (Å²) in [6.07, 6.45) is 1.63. The molecule has 1 amide bonds. The second kappa shape index (κ2) is 11.8. The lowest BCUT2D eigenvalue weighted by Gasteiger charge is -2.24. The molecule has 2 aromatic heterocycles. The number of halogens is 1. The van der Waals surface area contributed by atoms with Gasteiger partial charge >= 0.3 is 0 Å². The Labute approximate surface area is 253 Å². The largest absolute Gasteiger partial charge is 0.503 e. The fourth-order valence-corrected chi connectivity index (χ4v) is 6.74. The van der Waals surface area contributed by atoms with E-state index in [1.165, 1.54) is 28.0 Å². The van der Waals surface area contributed by atoms with Gasteiger partial charge in [-0.3, -0.25) is 14.5 Å². The van der Waals surface area contributed by atoms with Crippen molar-refractivity contribution in [2.45, 2.75) is 16.1 Å². The molecule has 210 valence electrons. The number of nitrogens with zero attached hydrogens (tertiary/aromatic N) is 3. The van der Waals surface area contributed by atoms with Gasteiger partial charge in [-0.25, -0.2) is 0 Å². The maximum atomic E-state index is 13.9. The van der Waals surface area contributed by atoms with Crippen LogP contribution in [0.1, 0.15) is 27.7 Å². The number of ketones is 1. The summed E-state index contributed by atoms with van der Waals surface area (Å²) in [5.74, 6) is -0.881. The molecule has 0 bridgehead atoms. The summed E-state index contributed by atoms with van der Waals surface area (Å²) in [7, 11) is 0. The quantitative estimate of drug-likeness (QED) is 0.0742. The van der Waals surface area contributed by atoms with Gasteiger partial charge in [-0.2, -0.15) is 0 Å². The van der Waals surface area contributed by atoms with Crippen molar-refractivity contribution in [3.05, 3.63) is 125 Å². The Morgan fingerprint density at radius 1 is 1.12 bits per heavy atom. The first-order valence-corrected chi connectivity index (χ1v) is 15.0. The summed E-state index contributed by atoms with van der Waals surface area (Å²) in [5.41, 5.74) is 1.91. The van der Waals surface area contributed by atoms with Crippen molar-refractivity contribution in [3.63, 3.8) is 0 Å². The summed E-state index contributed by atoms with van der Waals surface area (Å²) in [6, 6.07) is 22.3. The zero-order valence-electron chi connectivity index (χ0n) is 21.9. The van der Waals surface area contributed by atoms with Crippen LogP contribution in [-0.2, 0) is 10.5 Å². The van der Waals surface area contributed by atoms with E-state index in [0.29, 0.717) is 38.6 Å². The number of aliphatic hydroxyl groups excluding tert-OH is 1. The molecule has 3 heterocycles. The number of ether oxygens (including phenoxy) is 1. The number of thioether (sulfide) groups is 1. The predicted molar refractivity (Wildman–Crippen MR) is 163 cm³/mol. The lowest BCUT2D eigenvalue weighted by Crippen LogP contribution is -2.31. The van der Waals surface area contributed by atoms with E-state index in [-0.39, 0.29) is 16.5 Å². The second-order valence-corrected chi connectivity index (χ2v) is 11.8. The third kappa shape index (κ3) is 5.32. The number of Topliss-reactive ketones (excluding diaryl/α,β-unsaturated/α-hetero) is 1. The van der Waals surface area contributed by atoms with Crippen LogP contribution in [0.5, 0.6) is 5.75 Å². The predicted octanol–water partition coefficient (Wildman–Crippen LogP) is 7.58. The first-order chi connectivity index (χ1) is 20.4. The number of fused-ring (bicyclic) bond motifs is 1. The molecule has 8 nitrogen and oxygen atoms in total. The van der Waals surface area contributed by atoms with Crippen LogP contribution in [0.3, 0.4) is 0 Å². The van der Waals surface area contributed by atoms with E-state index in [1.54, 1.807) is 48.5 Å².